The van der Waals surface area contributed by atoms with Gasteiger partial charge in [0.2, 0.25) is 0 Å². The number of hydrogen-bond donors (Lipinski definition) is 2. The van der Waals surface area contributed by atoms with Crippen molar-refractivity contribution in [1.82, 2.24) is 39.1 Å². The van der Waals surface area contributed by atoms with E-state index in [1.54, 1.807) is 36.1 Å². The van der Waals surface area contributed by atoms with Crippen LogP contribution in [0.15, 0.2) is 52.4 Å². The van der Waals surface area contributed by atoms with Crippen LogP contribution in [0.3, 0.4) is 0 Å². The number of piperidine rings is 2. The van der Waals surface area contributed by atoms with Crippen molar-refractivity contribution in [3.05, 3.63) is 73.7 Å². The number of para-hydroxylation sites is 1. The molecule has 2 saturated heterocycles. The molecule has 0 unspecified atom stereocenters. The number of nitrogens with zero attached hydrogens (tertiary/aromatic N) is 6. The van der Waals surface area contributed by atoms with Gasteiger partial charge in [0.05, 0.1) is 44.6 Å². The van der Waals surface area contributed by atoms with Gasteiger partial charge in [-0.1, -0.05) is 29.3 Å². The van der Waals surface area contributed by atoms with Crippen molar-refractivity contribution >= 4 is 45.1 Å². The van der Waals surface area contributed by atoms with Crippen molar-refractivity contribution in [1.29, 1.82) is 0 Å². The van der Waals surface area contributed by atoms with Gasteiger partial charge in [-0.05, 0) is 87.6 Å². The van der Waals surface area contributed by atoms with Crippen LogP contribution in [0.25, 0.3) is 38.9 Å². The van der Waals surface area contributed by atoms with Gasteiger partial charge in [0.1, 0.15) is 11.8 Å². The highest BCUT2D eigenvalue weighted by Crippen LogP contribution is 2.45. The van der Waals surface area contributed by atoms with Gasteiger partial charge in [-0.15, -0.1) is 0 Å². The summed E-state index contributed by atoms with van der Waals surface area (Å²) in [5.41, 5.74) is 1.95. The first-order valence-electron chi connectivity index (χ1n) is 16.9. The average molecular weight is 694 g/mol. The Morgan fingerprint density at radius 3 is 2.50 bits per heavy atom. The second-order valence-electron chi connectivity index (χ2n) is 14.1. The molecule has 3 aliphatic rings. The number of aryl methyl sites for hydroxylation is 1. The van der Waals surface area contributed by atoms with E-state index in [-0.39, 0.29) is 27.2 Å². The van der Waals surface area contributed by atoms with E-state index in [1.165, 1.54) is 49.3 Å². The Bertz CT molecular complexity index is 2100. The van der Waals surface area contributed by atoms with Crippen molar-refractivity contribution in [3.8, 4) is 16.9 Å². The molecule has 8 rings (SSSR count). The predicted molar refractivity (Wildman–Crippen MR) is 187 cm³/mol. The van der Waals surface area contributed by atoms with Crippen LogP contribution in [0.1, 0.15) is 51.0 Å². The van der Waals surface area contributed by atoms with E-state index in [1.807, 2.05) is 12.3 Å². The SMILES string of the molecule is Cn1c(=O)n(-c2c(Cl)cccc2Cl)c(=O)c2cnc3[nH]c(-c4cnn([C@@H]5CCN(CC6CCC7(CCNCC7)CC6)C[C@@H]5F)c4)cc3c21. The zero-order valence-corrected chi connectivity index (χ0v) is 28.4. The Kier molecular flexibility index (Phi) is 8.22. The van der Waals surface area contributed by atoms with E-state index in [4.69, 9.17) is 23.2 Å². The summed E-state index contributed by atoms with van der Waals surface area (Å²) in [6, 6.07) is 6.32. The number of fused-ring (bicyclic) bond motifs is 3. The van der Waals surface area contributed by atoms with Crippen LogP contribution in [0.5, 0.6) is 0 Å². The van der Waals surface area contributed by atoms with E-state index < -0.39 is 17.4 Å². The molecule has 1 aliphatic carbocycles. The Morgan fingerprint density at radius 1 is 1.02 bits per heavy atom. The van der Waals surface area contributed by atoms with E-state index in [9.17, 15) is 9.59 Å². The Morgan fingerprint density at radius 2 is 1.77 bits per heavy atom. The molecule has 4 aromatic heterocycles. The lowest BCUT2D eigenvalue weighted by Crippen LogP contribution is -2.46. The van der Waals surface area contributed by atoms with E-state index >= 15 is 4.39 Å². The van der Waals surface area contributed by atoms with Gasteiger partial charge in [0.25, 0.3) is 5.56 Å². The van der Waals surface area contributed by atoms with Gasteiger partial charge in [0, 0.05) is 50.0 Å². The first-order valence-corrected chi connectivity index (χ1v) is 17.7. The van der Waals surface area contributed by atoms with E-state index in [2.05, 4.69) is 25.3 Å². The third kappa shape index (κ3) is 5.48. The number of aromatic amines is 1. The zero-order chi connectivity index (χ0) is 33.2. The van der Waals surface area contributed by atoms with Gasteiger partial charge < -0.3 is 15.2 Å². The fourth-order valence-electron chi connectivity index (χ4n) is 8.46. The first-order chi connectivity index (χ1) is 23.2. The minimum Gasteiger partial charge on any atom is -0.339 e. The van der Waals surface area contributed by atoms with Crippen LogP contribution in [-0.4, -0.2) is 72.7 Å². The molecule has 1 spiro atoms. The average Bonchev–Trinajstić information content (AvgIpc) is 3.74. The summed E-state index contributed by atoms with van der Waals surface area (Å²) in [5, 5.41) is 9.30. The van der Waals surface area contributed by atoms with Crippen molar-refractivity contribution in [2.45, 2.75) is 57.2 Å². The number of alkyl halides is 1. The number of likely N-dealkylation sites (tertiary alicyclic amines) is 1. The smallest absolute Gasteiger partial charge is 0.335 e. The zero-order valence-electron chi connectivity index (χ0n) is 26.9. The molecule has 1 saturated carbocycles. The second-order valence-corrected chi connectivity index (χ2v) is 14.9. The van der Waals surface area contributed by atoms with Crippen LogP contribution in [0, 0.1) is 11.3 Å². The first kappa shape index (κ1) is 31.7. The molecule has 2 aliphatic heterocycles. The number of hydrogen-bond acceptors (Lipinski definition) is 6. The summed E-state index contributed by atoms with van der Waals surface area (Å²) in [6.07, 6.45) is 12.5. The molecule has 0 amide bonds. The predicted octanol–water partition coefficient (Wildman–Crippen LogP) is 5.88. The number of halogens is 3. The maximum absolute atomic E-state index is 15.7. The third-order valence-electron chi connectivity index (χ3n) is 11.2. The van der Waals surface area contributed by atoms with E-state index in [0.29, 0.717) is 46.5 Å². The van der Waals surface area contributed by atoms with Gasteiger partial charge in [-0.2, -0.15) is 5.10 Å². The molecular weight excluding hydrogens is 654 g/mol. The van der Waals surface area contributed by atoms with Crippen LogP contribution < -0.4 is 16.6 Å². The Hall–Kier alpha value is -3.51. The van der Waals surface area contributed by atoms with Gasteiger partial charge in [-0.3, -0.25) is 14.0 Å². The molecule has 10 nitrogen and oxygen atoms in total. The molecule has 5 aromatic rings. The van der Waals surface area contributed by atoms with Gasteiger partial charge >= 0.3 is 5.69 Å². The van der Waals surface area contributed by atoms with Crippen LogP contribution in [0.2, 0.25) is 10.0 Å². The lowest BCUT2D eigenvalue weighted by atomic mass is 9.65. The molecule has 1 aromatic carbocycles. The van der Waals surface area contributed by atoms with Crippen LogP contribution >= 0.6 is 23.2 Å². The standard InChI is InChI=1S/C35H39Cl2FN8O2/c1-43-30-23-15-28(42-32(23)40-17-24(30)33(47)46(34(43)48)31-25(36)3-2-4-26(31)37)22-16-41-45(19-22)29-7-14-44(20-27(29)38)18-21-5-8-35(9-6-21)10-12-39-13-11-35/h2-4,15-17,19,21,27,29,39H,5-14,18,20H2,1H3,(H,40,42)/t27-,29+/m0/s1. The summed E-state index contributed by atoms with van der Waals surface area (Å²) < 4.78 is 19.8. The fraction of sp³-hybridized carbons (Fsp3) is 0.486. The molecule has 48 heavy (non-hydrogen) atoms. The number of rotatable bonds is 5. The molecule has 6 heterocycles. The van der Waals surface area contributed by atoms with Crippen molar-refractivity contribution in [2.24, 2.45) is 18.4 Å². The largest absolute Gasteiger partial charge is 0.339 e. The molecule has 2 atom stereocenters. The third-order valence-corrected chi connectivity index (χ3v) is 11.8. The monoisotopic (exact) mass is 692 g/mol. The number of H-pyrrole nitrogens is 1. The maximum Gasteiger partial charge on any atom is 0.335 e. The summed E-state index contributed by atoms with van der Waals surface area (Å²) in [4.78, 5) is 37.4. The van der Waals surface area contributed by atoms with E-state index in [0.717, 1.165) is 36.3 Å². The number of aromatic nitrogens is 6. The topological polar surface area (TPSA) is 106 Å². The lowest BCUT2D eigenvalue weighted by molar-refractivity contribution is 0.0490. The minimum atomic E-state index is -1.01. The molecule has 3 fully saturated rings. The highest BCUT2D eigenvalue weighted by Gasteiger charge is 2.38. The lowest BCUT2D eigenvalue weighted by Gasteiger charge is -2.44. The quantitative estimate of drug-likeness (QED) is 0.238. The summed E-state index contributed by atoms with van der Waals surface area (Å²) in [5.74, 6) is 0.661. The Labute approximate surface area is 286 Å². The summed E-state index contributed by atoms with van der Waals surface area (Å²) >= 11 is 12.7. The van der Waals surface area contributed by atoms with Crippen LogP contribution in [-0.2, 0) is 7.05 Å². The van der Waals surface area contributed by atoms with Crippen molar-refractivity contribution in [2.75, 3.05) is 32.7 Å². The maximum atomic E-state index is 15.7. The number of nitrogens with one attached hydrogen (secondary N) is 2. The summed E-state index contributed by atoms with van der Waals surface area (Å²) in [7, 11) is 1.60. The molecule has 2 N–H and O–H groups in total. The van der Waals surface area contributed by atoms with Crippen molar-refractivity contribution in [3.63, 3.8) is 0 Å². The normalized spacial score (nSPS) is 22.2. The van der Waals surface area contributed by atoms with Gasteiger partial charge in [-0.25, -0.2) is 18.7 Å². The second kappa shape index (κ2) is 12.4. The van der Waals surface area contributed by atoms with Crippen LogP contribution in [0.4, 0.5) is 4.39 Å². The highest BCUT2D eigenvalue weighted by molar-refractivity contribution is 6.37. The van der Waals surface area contributed by atoms with Crippen molar-refractivity contribution < 1.29 is 4.39 Å². The highest BCUT2D eigenvalue weighted by atomic mass is 35.5. The molecule has 0 bridgehead atoms. The number of pyridine rings is 1. The summed E-state index contributed by atoms with van der Waals surface area (Å²) in [6.45, 7) is 4.57. The Balaban J connectivity index is 1.01. The fourth-order valence-corrected chi connectivity index (χ4v) is 9.03. The number of benzene rings is 1. The molecule has 13 heteroatoms. The molecule has 252 valence electrons. The molecular formula is C35H39Cl2FN8O2. The molecule has 0 radical (unpaired) electrons. The van der Waals surface area contributed by atoms with Gasteiger partial charge in [0.15, 0.2) is 0 Å². The minimum absolute atomic E-state index is 0.132.